The largest absolute Gasteiger partial charge is 0.497 e. The summed E-state index contributed by atoms with van der Waals surface area (Å²) in [6.07, 6.45) is 0.954. The molecule has 1 aliphatic rings. The van der Waals surface area contributed by atoms with Crippen LogP contribution in [0.25, 0.3) is 0 Å². The predicted octanol–water partition coefficient (Wildman–Crippen LogP) is 2.38. The Bertz CT molecular complexity index is 846. The van der Waals surface area contributed by atoms with Gasteiger partial charge in [0.15, 0.2) is 6.61 Å². The third-order valence-corrected chi connectivity index (χ3v) is 3.94. The van der Waals surface area contributed by atoms with E-state index in [1.807, 2.05) is 0 Å². The number of rotatable bonds is 5. The number of anilines is 2. The van der Waals surface area contributed by atoms with E-state index in [1.165, 1.54) is 0 Å². The first-order valence-electron chi connectivity index (χ1n) is 8.09. The van der Waals surface area contributed by atoms with Gasteiger partial charge in [-0.15, -0.1) is 0 Å². The fourth-order valence-electron chi connectivity index (χ4n) is 2.60. The van der Waals surface area contributed by atoms with Crippen molar-refractivity contribution >= 4 is 29.2 Å². The van der Waals surface area contributed by atoms with Crippen LogP contribution in [0.15, 0.2) is 42.5 Å². The summed E-state index contributed by atoms with van der Waals surface area (Å²) in [4.78, 5) is 35.4. The van der Waals surface area contributed by atoms with Crippen molar-refractivity contribution in [2.45, 2.75) is 12.8 Å². The van der Waals surface area contributed by atoms with Crippen LogP contribution in [0, 0.1) is 0 Å². The molecule has 7 heteroatoms. The minimum atomic E-state index is -0.588. The molecule has 7 nitrogen and oxygen atoms in total. The van der Waals surface area contributed by atoms with E-state index in [-0.39, 0.29) is 5.91 Å². The van der Waals surface area contributed by atoms with Gasteiger partial charge in [-0.3, -0.25) is 9.59 Å². The minimum Gasteiger partial charge on any atom is -0.497 e. The molecule has 0 fully saturated rings. The van der Waals surface area contributed by atoms with E-state index in [1.54, 1.807) is 49.6 Å². The van der Waals surface area contributed by atoms with E-state index in [0.717, 1.165) is 5.56 Å². The number of fused-ring (bicyclic) bond motifs is 1. The highest BCUT2D eigenvalue weighted by atomic mass is 16.5. The van der Waals surface area contributed by atoms with Crippen LogP contribution in [0.4, 0.5) is 11.4 Å². The third kappa shape index (κ3) is 4.18. The van der Waals surface area contributed by atoms with Gasteiger partial charge in [0.25, 0.3) is 5.91 Å². The zero-order valence-corrected chi connectivity index (χ0v) is 14.2. The molecule has 0 unspecified atom stereocenters. The molecule has 2 N–H and O–H groups in total. The van der Waals surface area contributed by atoms with Crippen molar-refractivity contribution in [1.29, 1.82) is 0 Å². The lowest BCUT2D eigenvalue weighted by Crippen LogP contribution is -2.22. The Morgan fingerprint density at radius 2 is 1.88 bits per heavy atom. The lowest BCUT2D eigenvalue weighted by atomic mass is 10.0. The second kappa shape index (κ2) is 7.69. The van der Waals surface area contributed by atoms with Gasteiger partial charge >= 0.3 is 5.97 Å². The second-order valence-electron chi connectivity index (χ2n) is 5.77. The fraction of sp³-hybridized carbons (Fsp3) is 0.211. The number of carbonyl (C=O) groups is 3. The Kier molecular flexibility index (Phi) is 5.17. The molecule has 0 saturated heterocycles. The maximum Gasteiger partial charge on any atom is 0.338 e. The van der Waals surface area contributed by atoms with Crippen molar-refractivity contribution in [3.05, 3.63) is 53.6 Å². The maximum absolute atomic E-state index is 12.1. The molecule has 3 rings (SSSR count). The molecule has 0 radical (unpaired) electrons. The van der Waals surface area contributed by atoms with Crippen molar-refractivity contribution in [2.24, 2.45) is 0 Å². The van der Waals surface area contributed by atoms with Crippen LogP contribution in [-0.2, 0) is 20.7 Å². The number of methoxy groups -OCH3 is 1. The van der Waals surface area contributed by atoms with Gasteiger partial charge in [0, 0.05) is 17.8 Å². The summed E-state index contributed by atoms with van der Waals surface area (Å²) >= 11 is 0. The number of benzene rings is 2. The van der Waals surface area contributed by atoms with Crippen LogP contribution in [0.3, 0.4) is 0 Å². The zero-order valence-electron chi connectivity index (χ0n) is 14.2. The van der Waals surface area contributed by atoms with Crippen molar-refractivity contribution in [3.8, 4) is 5.75 Å². The molecular weight excluding hydrogens is 336 g/mol. The molecule has 134 valence electrons. The van der Waals surface area contributed by atoms with E-state index < -0.39 is 18.5 Å². The Hall–Kier alpha value is -3.35. The van der Waals surface area contributed by atoms with E-state index in [0.29, 0.717) is 35.5 Å². The van der Waals surface area contributed by atoms with Gasteiger partial charge in [0.05, 0.1) is 12.7 Å². The Balaban J connectivity index is 1.54. The highest BCUT2D eigenvalue weighted by Gasteiger charge is 2.17. The summed E-state index contributed by atoms with van der Waals surface area (Å²) in [6.45, 7) is -0.390. The number of amides is 2. The molecule has 0 atom stereocenters. The Morgan fingerprint density at radius 3 is 2.62 bits per heavy atom. The standard InChI is InChI=1S/C19H18N2O5/c1-25-15-6-4-14(5-7-15)20-18(23)11-26-19(24)13-2-8-16-12(10-13)3-9-17(22)21-16/h2,4-8,10H,3,9,11H2,1H3,(H,20,23)(H,21,22). The molecule has 1 heterocycles. The average molecular weight is 354 g/mol. The van der Waals surface area contributed by atoms with E-state index >= 15 is 0 Å². The van der Waals surface area contributed by atoms with Gasteiger partial charge in [0.1, 0.15) is 5.75 Å². The summed E-state index contributed by atoms with van der Waals surface area (Å²) < 4.78 is 10.1. The van der Waals surface area contributed by atoms with E-state index in [2.05, 4.69) is 10.6 Å². The molecule has 2 aromatic carbocycles. The van der Waals surface area contributed by atoms with Gasteiger partial charge < -0.3 is 20.1 Å². The first-order chi connectivity index (χ1) is 12.5. The molecule has 2 amide bonds. The van der Waals surface area contributed by atoms with Gasteiger partial charge in [0.2, 0.25) is 5.91 Å². The molecule has 0 aliphatic carbocycles. The topological polar surface area (TPSA) is 93.7 Å². The third-order valence-electron chi connectivity index (χ3n) is 3.94. The van der Waals surface area contributed by atoms with E-state index in [9.17, 15) is 14.4 Å². The quantitative estimate of drug-likeness (QED) is 0.804. The number of carbonyl (C=O) groups excluding carboxylic acids is 3. The number of hydrogen-bond donors (Lipinski definition) is 2. The minimum absolute atomic E-state index is 0.0389. The van der Waals surface area contributed by atoms with Crippen LogP contribution in [0.2, 0.25) is 0 Å². The maximum atomic E-state index is 12.1. The Labute approximate surface area is 150 Å². The lowest BCUT2D eigenvalue weighted by molar-refractivity contribution is -0.119. The fourth-order valence-corrected chi connectivity index (χ4v) is 2.60. The van der Waals surface area contributed by atoms with E-state index in [4.69, 9.17) is 9.47 Å². The normalized spacial score (nSPS) is 12.6. The predicted molar refractivity (Wildman–Crippen MR) is 95.3 cm³/mol. The van der Waals surface area contributed by atoms with Gasteiger partial charge in [-0.1, -0.05) is 0 Å². The number of hydrogen-bond acceptors (Lipinski definition) is 5. The van der Waals surface area contributed by atoms with Gasteiger partial charge in [-0.2, -0.15) is 0 Å². The van der Waals surface area contributed by atoms with Gasteiger partial charge in [-0.25, -0.2) is 4.79 Å². The number of aryl methyl sites for hydroxylation is 1. The van der Waals surface area contributed by atoms with Crippen molar-refractivity contribution in [3.63, 3.8) is 0 Å². The molecule has 26 heavy (non-hydrogen) atoms. The first-order valence-corrected chi connectivity index (χ1v) is 8.09. The molecule has 0 bridgehead atoms. The highest BCUT2D eigenvalue weighted by Crippen LogP contribution is 2.23. The second-order valence-corrected chi connectivity index (χ2v) is 5.77. The van der Waals surface area contributed by atoms with Crippen LogP contribution in [-0.4, -0.2) is 31.5 Å². The van der Waals surface area contributed by atoms with Crippen LogP contribution < -0.4 is 15.4 Å². The summed E-state index contributed by atoms with van der Waals surface area (Å²) in [6, 6.07) is 11.7. The highest BCUT2D eigenvalue weighted by molar-refractivity contribution is 5.97. The summed E-state index contributed by atoms with van der Waals surface area (Å²) in [7, 11) is 1.56. The molecule has 2 aromatic rings. The summed E-state index contributed by atoms with van der Waals surface area (Å²) in [5.74, 6) is -0.385. The molecule has 0 aromatic heterocycles. The van der Waals surface area contributed by atoms with Gasteiger partial charge in [-0.05, 0) is 54.4 Å². The number of ether oxygens (including phenoxy) is 2. The van der Waals surface area contributed by atoms with Crippen LogP contribution in [0.1, 0.15) is 22.3 Å². The van der Waals surface area contributed by atoms with Crippen molar-refractivity contribution in [1.82, 2.24) is 0 Å². The number of esters is 1. The molecule has 1 aliphatic heterocycles. The van der Waals surface area contributed by atoms with Crippen LogP contribution >= 0.6 is 0 Å². The molecule has 0 saturated carbocycles. The SMILES string of the molecule is COc1ccc(NC(=O)COC(=O)c2ccc3c(c2)CCC(=O)N3)cc1. The zero-order chi connectivity index (χ0) is 18.5. The van der Waals surface area contributed by atoms with Crippen molar-refractivity contribution in [2.75, 3.05) is 24.4 Å². The molecule has 0 spiro atoms. The summed E-state index contributed by atoms with van der Waals surface area (Å²) in [5.41, 5.74) is 2.50. The van der Waals surface area contributed by atoms with Crippen LogP contribution in [0.5, 0.6) is 5.75 Å². The summed E-state index contributed by atoms with van der Waals surface area (Å²) in [5, 5.41) is 5.38. The monoisotopic (exact) mass is 354 g/mol. The first kappa shape index (κ1) is 17.5. The molecular formula is C19H18N2O5. The Morgan fingerprint density at radius 1 is 1.12 bits per heavy atom. The smallest absolute Gasteiger partial charge is 0.338 e. The number of nitrogens with one attached hydrogen (secondary N) is 2. The van der Waals surface area contributed by atoms with Crippen molar-refractivity contribution < 1.29 is 23.9 Å². The average Bonchev–Trinajstić information content (AvgIpc) is 2.66. The lowest BCUT2D eigenvalue weighted by Gasteiger charge is -2.17.